The molecule has 0 aliphatic carbocycles. The van der Waals surface area contributed by atoms with Crippen LogP contribution >= 0.6 is 0 Å². The average molecular weight is 376 g/mol. The monoisotopic (exact) mass is 376 g/mol. The minimum atomic E-state index is -3.80. The van der Waals surface area contributed by atoms with Gasteiger partial charge in [-0.2, -0.15) is 0 Å². The molecule has 26 heavy (non-hydrogen) atoms. The first-order valence-electron chi connectivity index (χ1n) is 8.02. The molecular formula is C18H20N2O5S. The van der Waals surface area contributed by atoms with Crippen molar-refractivity contribution >= 4 is 15.8 Å². The summed E-state index contributed by atoms with van der Waals surface area (Å²) < 4.78 is 26.7. The van der Waals surface area contributed by atoms with E-state index in [0.717, 1.165) is 5.56 Å². The summed E-state index contributed by atoms with van der Waals surface area (Å²) >= 11 is 0. The molecule has 1 N–H and O–H groups in total. The maximum Gasteiger partial charge on any atom is 0.240 e. The number of carbonyl (C=O) groups excluding carboxylic acids is 1. The van der Waals surface area contributed by atoms with E-state index in [-0.39, 0.29) is 17.9 Å². The Morgan fingerprint density at radius 1 is 1.12 bits per heavy atom. The Hall–Kier alpha value is -2.58. The second-order valence-electron chi connectivity index (χ2n) is 6.00. The minimum absolute atomic E-state index is 0.0702. The number of hydrogen-bond acceptors (Lipinski definition) is 5. The van der Waals surface area contributed by atoms with E-state index in [1.165, 1.54) is 12.1 Å². The Morgan fingerprint density at radius 2 is 1.73 bits per heavy atom. The van der Waals surface area contributed by atoms with Crippen molar-refractivity contribution in [2.24, 2.45) is 0 Å². The maximum atomic E-state index is 12.2. The van der Waals surface area contributed by atoms with Crippen LogP contribution in [0.25, 0.3) is 0 Å². The van der Waals surface area contributed by atoms with Crippen LogP contribution in [0.3, 0.4) is 0 Å². The number of nitro groups is 1. The van der Waals surface area contributed by atoms with Gasteiger partial charge in [0.2, 0.25) is 16.6 Å². The summed E-state index contributed by atoms with van der Waals surface area (Å²) in [4.78, 5) is 22.7. The molecule has 7 nitrogen and oxygen atoms in total. The van der Waals surface area contributed by atoms with Crippen LogP contribution in [0.15, 0.2) is 59.5 Å². The molecule has 2 aromatic rings. The van der Waals surface area contributed by atoms with E-state index in [4.69, 9.17) is 0 Å². The topological polar surface area (TPSA) is 106 Å². The number of nitrogens with zero attached hydrogens (tertiary/aromatic N) is 1. The van der Waals surface area contributed by atoms with Crippen LogP contribution < -0.4 is 4.72 Å². The zero-order valence-corrected chi connectivity index (χ0v) is 15.1. The number of sulfonamides is 1. The second-order valence-corrected chi connectivity index (χ2v) is 7.77. The van der Waals surface area contributed by atoms with Crippen molar-refractivity contribution in [2.45, 2.75) is 24.2 Å². The average Bonchev–Trinajstić information content (AvgIpc) is 2.60. The molecule has 0 aliphatic rings. The van der Waals surface area contributed by atoms with Gasteiger partial charge >= 0.3 is 0 Å². The first kappa shape index (κ1) is 19.7. The summed E-state index contributed by atoms with van der Waals surface area (Å²) in [5.74, 6) is -1.00. The van der Waals surface area contributed by atoms with Crippen molar-refractivity contribution in [3.8, 4) is 0 Å². The predicted octanol–water partition coefficient (Wildman–Crippen LogP) is 2.29. The van der Waals surface area contributed by atoms with Gasteiger partial charge in [-0.1, -0.05) is 48.0 Å². The molecule has 0 unspecified atom stereocenters. The van der Waals surface area contributed by atoms with Crippen molar-refractivity contribution in [3.63, 3.8) is 0 Å². The SMILES string of the molecule is Cc1ccc(S(=O)(=O)NCC(=O)C[C@@H](C[N+](=O)[O-])c2ccccc2)cc1. The molecule has 0 bridgehead atoms. The lowest BCUT2D eigenvalue weighted by molar-refractivity contribution is -0.483. The van der Waals surface area contributed by atoms with Gasteiger partial charge in [-0.25, -0.2) is 13.1 Å². The Bertz CT molecular complexity index is 864. The highest BCUT2D eigenvalue weighted by molar-refractivity contribution is 7.89. The number of aryl methyl sites for hydroxylation is 1. The molecule has 1 atom stereocenters. The number of benzene rings is 2. The smallest absolute Gasteiger partial charge is 0.240 e. The molecule has 0 amide bonds. The fraction of sp³-hybridized carbons (Fsp3) is 0.278. The number of hydrogen-bond donors (Lipinski definition) is 1. The van der Waals surface area contributed by atoms with Crippen LogP contribution in [-0.4, -0.2) is 32.2 Å². The van der Waals surface area contributed by atoms with Crippen molar-refractivity contribution in [1.29, 1.82) is 0 Å². The van der Waals surface area contributed by atoms with E-state index in [1.807, 2.05) is 6.92 Å². The summed E-state index contributed by atoms with van der Waals surface area (Å²) in [6.45, 7) is 1.05. The standard InChI is InChI=1S/C18H20N2O5S/c1-14-7-9-18(10-8-14)26(24,25)19-12-17(21)11-16(13-20(22)23)15-5-3-2-4-6-15/h2-10,16,19H,11-13H2,1H3/t16-/m0/s1. The summed E-state index contributed by atoms with van der Waals surface area (Å²) in [6.07, 6.45) is -0.110. The van der Waals surface area contributed by atoms with Crippen LogP contribution in [0.2, 0.25) is 0 Å². The van der Waals surface area contributed by atoms with Gasteiger partial charge in [0.15, 0.2) is 0 Å². The van der Waals surface area contributed by atoms with E-state index in [2.05, 4.69) is 4.72 Å². The highest BCUT2D eigenvalue weighted by atomic mass is 32.2. The fourth-order valence-corrected chi connectivity index (χ4v) is 3.53. The van der Waals surface area contributed by atoms with Gasteiger partial charge in [0.05, 0.1) is 17.4 Å². The van der Waals surface area contributed by atoms with E-state index in [1.54, 1.807) is 42.5 Å². The van der Waals surface area contributed by atoms with Crippen molar-refractivity contribution in [3.05, 3.63) is 75.8 Å². The molecule has 0 saturated heterocycles. The lowest BCUT2D eigenvalue weighted by Crippen LogP contribution is -2.31. The molecule has 0 aliphatic heterocycles. The molecule has 0 heterocycles. The molecule has 0 spiro atoms. The Morgan fingerprint density at radius 3 is 2.31 bits per heavy atom. The molecule has 0 aromatic heterocycles. The number of nitrogens with one attached hydrogen (secondary N) is 1. The largest absolute Gasteiger partial charge is 0.298 e. The Balaban J connectivity index is 2.01. The summed E-state index contributed by atoms with van der Waals surface area (Å²) in [7, 11) is -3.80. The third-order valence-electron chi connectivity index (χ3n) is 3.91. The lowest BCUT2D eigenvalue weighted by Gasteiger charge is -2.13. The zero-order chi connectivity index (χ0) is 19.2. The first-order chi connectivity index (χ1) is 12.3. The van der Waals surface area contributed by atoms with Crippen LogP contribution in [0.5, 0.6) is 0 Å². The molecule has 0 saturated carbocycles. The number of rotatable bonds is 9. The van der Waals surface area contributed by atoms with E-state index in [0.29, 0.717) is 5.56 Å². The van der Waals surface area contributed by atoms with Gasteiger partial charge in [0.25, 0.3) is 0 Å². The first-order valence-corrected chi connectivity index (χ1v) is 9.51. The highest BCUT2D eigenvalue weighted by Gasteiger charge is 2.22. The van der Waals surface area contributed by atoms with Crippen molar-refractivity contribution < 1.29 is 18.1 Å². The highest BCUT2D eigenvalue weighted by Crippen LogP contribution is 2.20. The van der Waals surface area contributed by atoms with Gasteiger partial charge < -0.3 is 0 Å². The lowest BCUT2D eigenvalue weighted by atomic mass is 9.94. The van der Waals surface area contributed by atoms with Crippen molar-refractivity contribution in [1.82, 2.24) is 4.72 Å². The zero-order valence-electron chi connectivity index (χ0n) is 14.3. The third-order valence-corrected chi connectivity index (χ3v) is 5.32. The van der Waals surface area contributed by atoms with E-state index in [9.17, 15) is 23.3 Å². The Labute approximate surface area is 152 Å². The summed E-state index contributed by atoms with van der Waals surface area (Å²) in [6, 6.07) is 15.0. The minimum Gasteiger partial charge on any atom is -0.298 e. The fourth-order valence-electron chi connectivity index (χ4n) is 2.52. The predicted molar refractivity (Wildman–Crippen MR) is 97.0 cm³/mol. The quantitative estimate of drug-likeness (QED) is 0.534. The van der Waals surface area contributed by atoms with E-state index >= 15 is 0 Å². The molecule has 138 valence electrons. The molecule has 2 rings (SSSR count). The van der Waals surface area contributed by atoms with Crippen LogP contribution in [0.1, 0.15) is 23.5 Å². The number of carbonyl (C=O) groups is 1. The van der Waals surface area contributed by atoms with Gasteiger partial charge in [-0.3, -0.25) is 14.9 Å². The van der Waals surface area contributed by atoms with Gasteiger partial charge in [0, 0.05) is 11.3 Å². The summed E-state index contributed by atoms with van der Waals surface area (Å²) in [5.41, 5.74) is 1.60. The van der Waals surface area contributed by atoms with Crippen molar-refractivity contribution in [2.75, 3.05) is 13.1 Å². The van der Waals surface area contributed by atoms with Gasteiger partial charge in [-0.05, 0) is 24.6 Å². The molecule has 0 radical (unpaired) electrons. The number of ketones is 1. The molecular weight excluding hydrogens is 356 g/mol. The molecule has 0 fully saturated rings. The van der Waals surface area contributed by atoms with Crippen LogP contribution in [0.4, 0.5) is 0 Å². The second kappa shape index (κ2) is 8.68. The van der Waals surface area contributed by atoms with Gasteiger partial charge in [-0.15, -0.1) is 0 Å². The maximum absolute atomic E-state index is 12.2. The van der Waals surface area contributed by atoms with Crippen LogP contribution in [0, 0.1) is 17.0 Å². The Kier molecular flexibility index (Phi) is 6.59. The van der Waals surface area contributed by atoms with Gasteiger partial charge in [0.1, 0.15) is 5.78 Å². The summed E-state index contributed by atoms with van der Waals surface area (Å²) in [5, 5.41) is 10.9. The molecule has 8 heteroatoms. The normalized spacial score (nSPS) is 12.5. The number of Topliss-reactive ketones (excluding diaryl/α,β-unsaturated/α-hetero) is 1. The van der Waals surface area contributed by atoms with Crippen LogP contribution in [-0.2, 0) is 14.8 Å². The molecule has 2 aromatic carbocycles. The third kappa shape index (κ3) is 5.75. The van der Waals surface area contributed by atoms with E-state index < -0.39 is 33.2 Å².